The second-order valence-electron chi connectivity index (χ2n) is 6.88. The molecule has 0 radical (unpaired) electrons. The number of likely N-dealkylation sites (N-methyl/N-ethyl adjacent to an activating group) is 2. The first-order valence-corrected chi connectivity index (χ1v) is 11.2. The van der Waals surface area contributed by atoms with Crippen LogP contribution in [0.15, 0.2) is 66.3 Å². The number of aliphatic imine (C=N–C) groups is 1. The predicted octanol–water partition coefficient (Wildman–Crippen LogP) is 4.28. The van der Waals surface area contributed by atoms with E-state index in [1.165, 1.54) is 6.20 Å². The van der Waals surface area contributed by atoms with Gasteiger partial charge in [-0.1, -0.05) is 56.8 Å². The van der Waals surface area contributed by atoms with Crippen LogP contribution in [0.3, 0.4) is 0 Å². The van der Waals surface area contributed by atoms with Gasteiger partial charge in [0.25, 0.3) is 0 Å². The van der Waals surface area contributed by atoms with Crippen molar-refractivity contribution < 1.29 is 9.53 Å². The van der Waals surface area contributed by atoms with Gasteiger partial charge in [-0.25, -0.2) is 5.43 Å². The van der Waals surface area contributed by atoms with Crippen LogP contribution in [-0.2, 0) is 9.53 Å². The fourth-order valence-electron chi connectivity index (χ4n) is 2.71. The Morgan fingerprint density at radius 3 is 2.27 bits per heavy atom. The van der Waals surface area contributed by atoms with Gasteiger partial charge in [0.2, 0.25) is 5.91 Å². The highest BCUT2D eigenvalue weighted by Crippen LogP contribution is 2.23. The summed E-state index contributed by atoms with van der Waals surface area (Å²) in [6.45, 7) is 12.4. The van der Waals surface area contributed by atoms with E-state index in [1.807, 2.05) is 94.0 Å². The van der Waals surface area contributed by atoms with E-state index < -0.39 is 0 Å². The van der Waals surface area contributed by atoms with E-state index in [9.17, 15) is 4.79 Å². The SMILES string of the molecule is C=CN=C/C=C\C.CC.CCN(C(=O)CN(C)C)C1C=C(c2ccccc2)N(C)N1.COC. The molecule has 1 aliphatic rings. The van der Waals surface area contributed by atoms with Crippen molar-refractivity contribution in [2.24, 2.45) is 4.99 Å². The molecule has 33 heavy (non-hydrogen) atoms. The fraction of sp³-hybridized carbons (Fsp3) is 0.462. The lowest BCUT2D eigenvalue weighted by molar-refractivity contribution is -0.134. The first-order chi connectivity index (χ1) is 15.9. The number of benzene rings is 1. The lowest BCUT2D eigenvalue weighted by Crippen LogP contribution is -2.50. The Balaban J connectivity index is 0. The third-order valence-corrected chi connectivity index (χ3v) is 3.99. The Labute approximate surface area is 202 Å². The minimum Gasteiger partial charge on any atom is -0.388 e. The van der Waals surface area contributed by atoms with Crippen LogP contribution in [-0.4, -0.2) is 81.5 Å². The molecular weight excluding hydrogens is 414 g/mol. The quantitative estimate of drug-likeness (QED) is 0.617. The monoisotopic (exact) mass is 459 g/mol. The Kier molecular flexibility index (Phi) is 20.8. The lowest BCUT2D eigenvalue weighted by atomic mass is 10.1. The number of carbonyl (C=O) groups is 1. The number of carbonyl (C=O) groups excluding carboxylic acids is 1. The van der Waals surface area contributed by atoms with Crippen LogP contribution in [0.25, 0.3) is 5.70 Å². The largest absolute Gasteiger partial charge is 0.388 e. The summed E-state index contributed by atoms with van der Waals surface area (Å²) in [4.78, 5) is 19.8. The molecule has 1 aliphatic heterocycles. The molecule has 1 atom stereocenters. The van der Waals surface area contributed by atoms with Crippen molar-refractivity contribution in [2.45, 2.75) is 33.9 Å². The van der Waals surface area contributed by atoms with Crippen LogP contribution in [0, 0.1) is 0 Å². The molecule has 0 bridgehead atoms. The average molecular weight is 460 g/mol. The van der Waals surface area contributed by atoms with Crippen molar-refractivity contribution in [3.8, 4) is 0 Å². The summed E-state index contributed by atoms with van der Waals surface area (Å²) < 4.78 is 4.25. The summed E-state index contributed by atoms with van der Waals surface area (Å²) in [6.07, 6.45) is 8.95. The maximum atomic E-state index is 12.3. The zero-order valence-electron chi connectivity index (χ0n) is 22.1. The summed E-state index contributed by atoms with van der Waals surface area (Å²) in [6, 6.07) is 10.2. The minimum atomic E-state index is -0.0948. The third kappa shape index (κ3) is 14.1. The molecule has 7 heteroatoms. The molecule has 186 valence electrons. The van der Waals surface area contributed by atoms with Crippen molar-refractivity contribution >= 4 is 17.8 Å². The highest BCUT2D eigenvalue weighted by atomic mass is 16.4. The molecule has 1 heterocycles. The summed E-state index contributed by atoms with van der Waals surface area (Å²) in [5.74, 6) is 0.124. The molecular formula is C26H45N5O2. The van der Waals surface area contributed by atoms with Gasteiger partial charge in [-0.3, -0.25) is 9.79 Å². The molecule has 0 aromatic heterocycles. The molecule has 1 aromatic carbocycles. The number of hydrogen-bond donors (Lipinski definition) is 1. The molecule has 1 unspecified atom stereocenters. The van der Waals surface area contributed by atoms with Crippen molar-refractivity contribution in [3.63, 3.8) is 0 Å². The standard InChI is InChI=1S/C16H24N4O.C6H9N.C2H6O.C2H6/c1-5-20(16(21)12-18(2)3)15-11-14(19(4)17-15)13-9-7-6-8-10-13;1-3-5-6-7-4-2;1-3-2;1-2/h6-11,15,17H,5,12H2,1-4H3;3-6H,2H2,1H3;1-2H3;1-2H3/b;5-3-,7-6?;;. The van der Waals surface area contributed by atoms with Gasteiger partial charge in [-0.2, -0.15) is 0 Å². The summed E-state index contributed by atoms with van der Waals surface area (Å²) in [5.41, 5.74) is 5.57. The van der Waals surface area contributed by atoms with E-state index in [2.05, 4.69) is 39.9 Å². The average Bonchev–Trinajstić information content (AvgIpc) is 3.18. The number of nitrogens with zero attached hydrogens (tertiary/aromatic N) is 4. The number of hydrogen-bond acceptors (Lipinski definition) is 6. The third-order valence-electron chi connectivity index (χ3n) is 3.99. The van der Waals surface area contributed by atoms with E-state index in [-0.39, 0.29) is 12.1 Å². The second kappa shape index (κ2) is 21.1. The Hall–Kier alpha value is -2.74. The Morgan fingerprint density at radius 1 is 1.24 bits per heavy atom. The summed E-state index contributed by atoms with van der Waals surface area (Å²) in [5, 5.41) is 1.98. The number of methoxy groups -OCH3 is 1. The van der Waals surface area contributed by atoms with E-state index in [1.54, 1.807) is 20.4 Å². The number of ether oxygens (including phenoxy) is 1. The zero-order valence-corrected chi connectivity index (χ0v) is 22.1. The number of hydrazine groups is 1. The maximum absolute atomic E-state index is 12.3. The molecule has 1 amide bonds. The van der Waals surface area contributed by atoms with Gasteiger partial charge >= 0.3 is 0 Å². The Bertz CT molecular complexity index is 715. The normalized spacial score (nSPS) is 14.5. The number of nitrogens with one attached hydrogen (secondary N) is 1. The molecule has 0 aliphatic carbocycles. The van der Waals surface area contributed by atoms with Crippen molar-refractivity contribution in [2.75, 3.05) is 48.5 Å². The first-order valence-electron chi connectivity index (χ1n) is 11.2. The molecule has 1 N–H and O–H groups in total. The molecule has 0 saturated carbocycles. The van der Waals surface area contributed by atoms with E-state index >= 15 is 0 Å². The van der Waals surface area contributed by atoms with Crippen molar-refractivity contribution in [1.82, 2.24) is 20.2 Å². The second-order valence-corrected chi connectivity index (χ2v) is 6.88. The first kappa shape index (κ1) is 32.4. The van der Waals surface area contributed by atoms with Crippen LogP contribution in [0.2, 0.25) is 0 Å². The van der Waals surface area contributed by atoms with Crippen molar-refractivity contribution in [3.05, 3.63) is 66.9 Å². The predicted molar refractivity (Wildman–Crippen MR) is 143 cm³/mol. The topological polar surface area (TPSA) is 60.4 Å². The van der Waals surface area contributed by atoms with Gasteiger partial charge in [0, 0.05) is 40.2 Å². The van der Waals surface area contributed by atoms with Gasteiger partial charge in [0.1, 0.15) is 6.17 Å². The van der Waals surface area contributed by atoms with Gasteiger partial charge in [-0.15, -0.1) is 0 Å². The minimum absolute atomic E-state index is 0.0948. The zero-order chi connectivity index (χ0) is 25.6. The molecule has 7 nitrogen and oxygen atoms in total. The van der Waals surface area contributed by atoms with Crippen LogP contribution < -0.4 is 5.43 Å². The van der Waals surface area contributed by atoms with Crippen molar-refractivity contribution in [1.29, 1.82) is 0 Å². The van der Waals surface area contributed by atoms with Crippen LogP contribution >= 0.6 is 0 Å². The summed E-state index contributed by atoms with van der Waals surface area (Å²) in [7, 11) is 9.04. The number of allylic oxidation sites excluding steroid dienone is 2. The smallest absolute Gasteiger partial charge is 0.238 e. The molecule has 0 saturated heterocycles. The van der Waals surface area contributed by atoms with Gasteiger partial charge in [0.15, 0.2) is 0 Å². The lowest BCUT2D eigenvalue weighted by Gasteiger charge is -2.29. The molecule has 0 spiro atoms. The van der Waals surface area contributed by atoms with Gasteiger partial charge < -0.3 is 19.5 Å². The van der Waals surface area contributed by atoms with E-state index in [4.69, 9.17) is 0 Å². The van der Waals surface area contributed by atoms with Gasteiger partial charge in [0.05, 0.1) is 12.2 Å². The van der Waals surface area contributed by atoms with Gasteiger partial charge in [-0.05, 0) is 45.7 Å². The van der Waals surface area contributed by atoms with E-state index in [0.29, 0.717) is 13.1 Å². The number of rotatable bonds is 7. The maximum Gasteiger partial charge on any atom is 0.238 e. The van der Waals surface area contributed by atoms with Crippen LogP contribution in [0.1, 0.15) is 33.3 Å². The highest BCUT2D eigenvalue weighted by molar-refractivity contribution is 5.79. The van der Waals surface area contributed by atoms with E-state index in [0.717, 1.165) is 11.3 Å². The fourth-order valence-corrected chi connectivity index (χ4v) is 2.71. The van der Waals surface area contributed by atoms with Crippen LogP contribution in [0.5, 0.6) is 0 Å². The molecule has 2 rings (SSSR count). The van der Waals surface area contributed by atoms with Crippen LogP contribution in [0.4, 0.5) is 0 Å². The Morgan fingerprint density at radius 2 is 1.82 bits per heavy atom. The summed E-state index contributed by atoms with van der Waals surface area (Å²) >= 11 is 0. The highest BCUT2D eigenvalue weighted by Gasteiger charge is 2.28. The molecule has 1 aromatic rings. The number of amides is 1. The molecule has 0 fully saturated rings.